The summed E-state index contributed by atoms with van der Waals surface area (Å²) < 4.78 is 27.7. The van der Waals surface area contributed by atoms with Crippen molar-refractivity contribution in [1.29, 1.82) is 0 Å². The summed E-state index contributed by atoms with van der Waals surface area (Å²) in [6.45, 7) is 9.13. The van der Waals surface area contributed by atoms with Gasteiger partial charge in [0.15, 0.2) is 0 Å². The van der Waals surface area contributed by atoms with E-state index in [-0.39, 0.29) is 25.8 Å². The average Bonchev–Trinajstić information content (AvgIpc) is 2.40. The lowest BCUT2D eigenvalue weighted by Crippen LogP contribution is -2.43. The molecular weight excluding hydrogens is 337 g/mol. The van der Waals surface area contributed by atoms with Crippen LogP contribution in [0.15, 0.2) is 0 Å². The first-order valence-electron chi connectivity index (χ1n) is 8.13. The molecule has 0 heterocycles. The number of carboxylic acid groups (broad SMARTS) is 1. The highest BCUT2D eigenvalue weighted by molar-refractivity contribution is 7.53. The van der Waals surface area contributed by atoms with Gasteiger partial charge in [0.1, 0.15) is 11.6 Å². The van der Waals surface area contributed by atoms with Gasteiger partial charge < -0.3 is 24.2 Å². The third-order valence-corrected chi connectivity index (χ3v) is 4.98. The van der Waals surface area contributed by atoms with E-state index in [4.69, 9.17) is 13.8 Å². The van der Waals surface area contributed by atoms with Crippen LogP contribution in [0.3, 0.4) is 0 Å². The summed E-state index contributed by atoms with van der Waals surface area (Å²) in [4.78, 5) is 22.9. The van der Waals surface area contributed by atoms with Crippen molar-refractivity contribution < 1.29 is 33.0 Å². The van der Waals surface area contributed by atoms with Crippen LogP contribution in [0, 0.1) is 0 Å². The van der Waals surface area contributed by atoms with Gasteiger partial charge in [-0.3, -0.25) is 4.57 Å². The number of carboxylic acids is 1. The molecule has 0 radical (unpaired) electrons. The number of rotatable bonds is 11. The van der Waals surface area contributed by atoms with E-state index in [1.54, 1.807) is 34.6 Å². The summed E-state index contributed by atoms with van der Waals surface area (Å²) in [5, 5.41) is 11.5. The molecule has 0 rings (SSSR count). The molecule has 0 fully saturated rings. The van der Waals surface area contributed by atoms with Crippen LogP contribution in [-0.4, -0.2) is 48.2 Å². The smallest absolute Gasteiger partial charge is 0.408 e. The number of nitrogens with one attached hydrogen (secondary N) is 1. The van der Waals surface area contributed by atoms with E-state index < -0.39 is 31.3 Å². The van der Waals surface area contributed by atoms with Gasteiger partial charge in [-0.1, -0.05) is 6.42 Å². The third-order valence-electron chi connectivity index (χ3n) is 2.82. The number of amides is 1. The van der Waals surface area contributed by atoms with Crippen LogP contribution < -0.4 is 5.32 Å². The van der Waals surface area contributed by atoms with E-state index >= 15 is 0 Å². The normalized spacial score (nSPS) is 13.4. The van der Waals surface area contributed by atoms with Crippen LogP contribution >= 0.6 is 7.60 Å². The molecule has 8 nitrogen and oxygen atoms in total. The fourth-order valence-electron chi connectivity index (χ4n) is 1.92. The van der Waals surface area contributed by atoms with E-state index in [0.717, 1.165) is 0 Å². The molecule has 24 heavy (non-hydrogen) atoms. The number of aliphatic carboxylic acids is 1. The molecule has 0 saturated carbocycles. The van der Waals surface area contributed by atoms with Crippen molar-refractivity contribution in [2.45, 2.75) is 65.5 Å². The van der Waals surface area contributed by atoms with Crippen molar-refractivity contribution in [3.8, 4) is 0 Å². The molecule has 0 aliphatic heterocycles. The fourth-order valence-corrected chi connectivity index (χ4v) is 3.65. The molecule has 142 valence electrons. The lowest BCUT2D eigenvalue weighted by Gasteiger charge is -2.22. The van der Waals surface area contributed by atoms with Crippen LogP contribution in [-0.2, 0) is 23.1 Å². The second-order valence-electron chi connectivity index (χ2n) is 6.20. The number of hydrogen-bond donors (Lipinski definition) is 2. The molecular formula is C15H30NO7P. The van der Waals surface area contributed by atoms with Crippen molar-refractivity contribution in [3.05, 3.63) is 0 Å². The van der Waals surface area contributed by atoms with Crippen molar-refractivity contribution in [2.75, 3.05) is 19.4 Å². The Kier molecular flexibility index (Phi) is 10.2. The van der Waals surface area contributed by atoms with Gasteiger partial charge in [0.2, 0.25) is 0 Å². The van der Waals surface area contributed by atoms with E-state index in [9.17, 15) is 19.3 Å². The largest absolute Gasteiger partial charge is 0.480 e. The number of hydrogen-bond acceptors (Lipinski definition) is 6. The van der Waals surface area contributed by atoms with Crippen LogP contribution in [0.25, 0.3) is 0 Å². The minimum Gasteiger partial charge on any atom is -0.480 e. The maximum absolute atomic E-state index is 12.3. The second-order valence-corrected chi connectivity index (χ2v) is 8.39. The van der Waals surface area contributed by atoms with Gasteiger partial charge in [-0.25, -0.2) is 9.59 Å². The van der Waals surface area contributed by atoms with E-state index in [0.29, 0.717) is 12.8 Å². The molecule has 0 aliphatic carbocycles. The van der Waals surface area contributed by atoms with Crippen LogP contribution in [0.4, 0.5) is 4.79 Å². The minimum atomic E-state index is -3.12. The molecule has 0 aromatic heterocycles. The van der Waals surface area contributed by atoms with E-state index in [1.165, 1.54) is 0 Å². The second kappa shape index (κ2) is 10.7. The maximum Gasteiger partial charge on any atom is 0.408 e. The van der Waals surface area contributed by atoms with Gasteiger partial charge in [-0.2, -0.15) is 0 Å². The molecule has 1 amide bonds. The Balaban J connectivity index is 4.38. The Bertz CT molecular complexity index is 438. The zero-order valence-electron chi connectivity index (χ0n) is 15.2. The summed E-state index contributed by atoms with van der Waals surface area (Å²) in [6.07, 6.45) is 0.568. The van der Waals surface area contributed by atoms with Gasteiger partial charge in [0, 0.05) is 0 Å². The standard InChI is InChI=1S/C15H30NO7P/c1-6-21-24(20,22-7-2)11-9-8-10-12(13(17)18)16-14(19)23-15(3,4)5/h12H,6-11H2,1-5H3,(H,16,19)(H,17,18)/t12-/m0/s1. The molecule has 0 bridgehead atoms. The Hall–Kier alpha value is -1.11. The number of ether oxygens (including phenoxy) is 1. The number of carbonyl (C=O) groups is 2. The SMILES string of the molecule is CCOP(=O)(CCCC[C@H](NC(=O)OC(C)(C)C)C(=O)O)OCC. The van der Waals surface area contributed by atoms with Gasteiger partial charge in [0.25, 0.3) is 0 Å². The molecule has 0 unspecified atom stereocenters. The quantitative estimate of drug-likeness (QED) is 0.425. The fraction of sp³-hybridized carbons (Fsp3) is 0.867. The number of alkyl carbamates (subject to hydrolysis) is 1. The van der Waals surface area contributed by atoms with E-state index in [2.05, 4.69) is 5.32 Å². The third kappa shape index (κ3) is 10.6. The molecule has 1 atom stereocenters. The maximum atomic E-state index is 12.3. The average molecular weight is 367 g/mol. The molecule has 0 aromatic carbocycles. The highest BCUT2D eigenvalue weighted by atomic mass is 31.2. The van der Waals surface area contributed by atoms with Crippen molar-refractivity contribution in [2.24, 2.45) is 0 Å². The zero-order valence-corrected chi connectivity index (χ0v) is 16.1. The highest BCUT2D eigenvalue weighted by Crippen LogP contribution is 2.48. The van der Waals surface area contributed by atoms with Crippen LogP contribution in [0.1, 0.15) is 53.9 Å². The summed E-state index contributed by atoms with van der Waals surface area (Å²) in [5.41, 5.74) is -0.700. The van der Waals surface area contributed by atoms with Gasteiger partial charge in [-0.15, -0.1) is 0 Å². The van der Waals surface area contributed by atoms with E-state index in [1.807, 2.05) is 0 Å². The molecule has 0 aromatic rings. The zero-order chi connectivity index (χ0) is 18.8. The van der Waals surface area contributed by atoms with Crippen molar-refractivity contribution >= 4 is 19.7 Å². The molecule has 2 N–H and O–H groups in total. The first-order valence-corrected chi connectivity index (χ1v) is 9.86. The van der Waals surface area contributed by atoms with Gasteiger partial charge in [-0.05, 0) is 47.5 Å². The predicted octanol–water partition coefficient (Wildman–Crippen LogP) is 3.40. The topological polar surface area (TPSA) is 111 Å². The van der Waals surface area contributed by atoms with Crippen LogP contribution in [0.2, 0.25) is 0 Å². The first kappa shape index (κ1) is 22.9. The monoisotopic (exact) mass is 367 g/mol. The predicted molar refractivity (Wildman–Crippen MR) is 90.4 cm³/mol. The molecule has 0 spiro atoms. The lowest BCUT2D eigenvalue weighted by atomic mass is 10.1. The summed E-state index contributed by atoms with van der Waals surface area (Å²) in [5.74, 6) is -1.14. The first-order chi connectivity index (χ1) is 11.0. The summed E-state index contributed by atoms with van der Waals surface area (Å²) in [6, 6.07) is -1.06. The number of unbranched alkanes of at least 4 members (excludes halogenated alkanes) is 1. The van der Waals surface area contributed by atoms with Crippen LogP contribution in [0.5, 0.6) is 0 Å². The lowest BCUT2D eigenvalue weighted by molar-refractivity contribution is -0.139. The Morgan fingerprint density at radius 3 is 2.08 bits per heavy atom. The number of carbonyl (C=O) groups excluding carboxylic acids is 1. The minimum absolute atomic E-state index is 0.201. The molecule has 0 saturated heterocycles. The Morgan fingerprint density at radius 1 is 1.12 bits per heavy atom. The summed E-state index contributed by atoms with van der Waals surface area (Å²) in [7, 11) is -3.12. The Labute approximate surface area is 143 Å². The van der Waals surface area contributed by atoms with Crippen molar-refractivity contribution in [1.82, 2.24) is 5.32 Å². The Morgan fingerprint density at radius 2 is 1.67 bits per heavy atom. The van der Waals surface area contributed by atoms with Gasteiger partial charge in [0.05, 0.1) is 19.4 Å². The summed E-state index contributed by atoms with van der Waals surface area (Å²) >= 11 is 0. The molecule has 9 heteroatoms. The highest BCUT2D eigenvalue weighted by Gasteiger charge is 2.25. The van der Waals surface area contributed by atoms with Gasteiger partial charge >= 0.3 is 19.7 Å². The van der Waals surface area contributed by atoms with Crippen molar-refractivity contribution in [3.63, 3.8) is 0 Å². The molecule has 0 aliphatic rings.